The van der Waals surface area contributed by atoms with Gasteiger partial charge in [0, 0.05) is 24.2 Å². The Labute approximate surface area is 161 Å². The number of carbonyl (C=O) groups is 1. The van der Waals surface area contributed by atoms with Crippen molar-refractivity contribution in [2.45, 2.75) is 75.9 Å². The minimum Gasteiger partial charge on any atom is -0.349 e. The summed E-state index contributed by atoms with van der Waals surface area (Å²) in [5.74, 6) is 0.459. The van der Waals surface area contributed by atoms with Crippen molar-refractivity contribution in [3.63, 3.8) is 0 Å². The molecule has 1 atom stereocenters. The quantitative estimate of drug-likeness (QED) is 0.781. The van der Waals surface area contributed by atoms with Crippen molar-refractivity contribution in [3.8, 4) is 0 Å². The number of hydrogen-bond donors (Lipinski definition) is 2. The van der Waals surface area contributed by atoms with Gasteiger partial charge in [-0.15, -0.1) is 11.3 Å². The molecule has 2 aromatic rings. The Balaban J connectivity index is 1.32. The van der Waals surface area contributed by atoms with Crippen LogP contribution < -0.4 is 10.6 Å². The number of halogens is 2. The van der Waals surface area contributed by atoms with Crippen LogP contribution in [0.2, 0.25) is 0 Å². The van der Waals surface area contributed by atoms with Crippen LogP contribution in [0.15, 0.2) is 12.3 Å². The third-order valence-corrected chi connectivity index (χ3v) is 6.55. The van der Waals surface area contributed by atoms with Crippen molar-refractivity contribution in [1.82, 2.24) is 20.6 Å². The number of alkyl halides is 2. The van der Waals surface area contributed by atoms with E-state index in [1.54, 1.807) is 17.5 Å². The van der Waals surface area contributed by atoms with Gasteiger partial charge in [-0.25, -0.2) is 18.7 Å². The van der Waals surface area contributed by atoms with Gasteiger partial charge in [-0.3, -0.25) is 4.79 Å². The Kier molecular flexibility index (Phi) is 5.36. The topological polar surface area (TPSA) is 66.9 Å². The molecule has 2 aliphatic carbocycles. The number of nitrogens with one attached hydrogen (secondary N) is 2. The van der Waals surface area contributed by atoms with E-state index in [0.29, 0.717) is 11.5 Å². The molecule has 1 amide bonds. The number of fused-ring (bicyclic) bond motifs is 1. The Hall–Kier alpha value is -1.67. The second kappa shape index (κ2) is 7.75. The fraction of sp³-hybridized carbons (Fsp3) is 0.632. The lowest BCUT2D eigenvalue weighted by Crippen LogP contribution is -2.46. The average molecular weight is 394 g/mol. The van der Waals surface area contributed by atoms with Crippen molar-refractivity contribution in [2.75, 3.05) is 0 Å². The summed E-state index contributed by atoms with van der Waals surface area (Å²) < 4.78 is 26.3. The van der Waals surface area contributed by atoms with Gasteiger partial charge in [-0.2, -0.15) is 0 Å². The smallest absolute Gasteiger partial charge is 0.253 e. The third kappa shape index (κ3) is 4.43. The second-order valence-corrected chi connectivity index (χ2v) is 8.75. The Morgan fingerprint density at radius 1 is 1.19 bits per heavy atom. The molecule has 2 heterocycles. The molecule has 0 aliphatic heterocycles. The van der Waals surface area contributed by atoms with Crippen LogP contribution in [-0.2, 0) is 0 Å². The van der Waals surface area contributed by atoms with E-state index in [-0.39, 0.29) is 18.0 Å². The largest absolute Gasteiger partial charge is 0.349 e. The van der Waals surface area contributed by atoms with E-state index in [1.807, 2.05) is 6.07 Å². The molecule has 0 spiro atoms. The van der Waals surface area contributed by atoms with E-state index in [1.165, 1.54) is 19.8 Å². The van der Waals surface area contributed by atoms with E-state index < -0.39 is 12.5 Å². The van der Waals surface area contributed by atoms with Crippen molar-refractivity contribution in [3.05, 3.63) is 22.8 Å². The lowest BCUT2D eigenvalue weighted by atomic mass is 9.90. The lowest BCUT2D eigenvalue weighted by Gasteiger charge is -2.31. The normalized spacial score (nSPS) is 24.3. The second-order valence-electron chi connectivity index (χ2n) is 7.68. The number of aromatic nitrogens is 2. The molecule has 27 heavy (non-hydrogen) atoms. The summed E-state index contributed by atoms with van der Waals surface area (Å²) in [6, 6.07) is 1.26. The highest BCUT2D eigenvalue weighted by Crippen LogP contribution is 2.43. The number of hydrogen-bond acceptors (Lipinski definition) is 5. The highest BCUT2D eigenvalue weighted by atomic mass is 32.1. The minimum absolute atomic E-state index is 0.0802. The first kappa shape index (κ1) is 18.7. The molecule has 0 aromatic carbocycles. The van der Waals surface area contributed by atoms with Gasteiger partial charge in [0.2, 0.25) is 0 Å². The number of amides is 1. The first-order valence-electron chi connectivity index (χ1n) is 9.61. The molecule has 2 fully saturated rings. The molecule has 5 nitrogen and oxygen atoms in total. The van der Waals surface area contributed by atoms with E-state index in [2.05, 4.69) is 20.6 Å². The maximum absolute atomic E-state index is 12.7. The molecule has 0 radical (unpaired) electrons. The van der Waals surface area contributed by atoms with Crippen molar-refractivity contribution >= 4 is 27.6 Å². The Morgan fingerprint density at radius 3 is 2.56 bits per heavy atom. The number of carbonyl (C=O) groups excluding carboxylic acids is 1. The summed E-state index contributed by atoms with van der Waals surface area (Å²) in [6.07, 6.45) is 4.80. The molecular formula is C19H24F2N4OS. The number of thiazole rings is 1. The molecule has 0 saturated heterocycles. The molecule has 0 bridgehead atoms. The number of rotatable bonds is 6. The van der Waals surface area contributed by atoms with E-state index in [4.69, 9.17) is 0 Å². The Morgan fingerprint density at radius 2 is 1.89 bits per heavy atom. The summed E-state index contributed by atoms with van der Waals surface area (Å²) in [5, 5.41) is 7.17. The fourth-order valence-corrected chi connectivity index (χ4v) is 4.72. The van der Waals surface area contributed by atoms with Gasteiger partial charge >= 0.3 is 0 Å². The fourth-order valence-electron chi connectivity index (χ4n) is 3.58. The van der Waals surface area contributed by atoms with Crippen molar-refractivity contribution in [2.24, 2.45) is 0 Å². The standard InChI is InChI=1S/C19H24F2N4OS/c1-10(16(20)21)23-13-4-6-14(7-5-13)24-18(26)12-8-15-17(22-9-12)25-19(27-15)11-2-3-11/h8-11,13-14,16,23H,2-7H2,1H3,(H,24,26). The average Bonchev–Trinajstić information content (AvgIpc) is 3.41. The van der Waals surface area contributed by atoms with Crippen LogP contribution in [0.5, 0.6) is 0 Å². The molecule has 4 rings (SSSR count). The number of pyridine rings is 1. The molecule has 146 valence electrons. The van der Waals surface area contributed by atoms with Crippen molar-refractivity contribution in [1.29, 1.82) is 0 Å². The van der Waals surface area contributed by atoms with E-state index in [0.717, 1.165) is 41.0 Å². The van der Waals surface area contributed by atoms with E-state index in [9.17, 15) is 13.6 Å². The molecule has 1 unspecified atom stereocenters. The van der Waals surface area contributed by atoms with E-state index >= 15 is 0 Å². The summed E-state index contributed by atoms with van der Waals surface area (Å²) in [6.45, 7) is 1.51. The van der Waals surface area contributed by atoms with Crippen molar-refractivity contribution < 1.29 is 13.6 Å². The highest BCUT2D eigenvalue weighted by molar-refractivity contribution is 7.18. The van der Waals surface area contributed by atoms with Gasteiger partial charge in [0.1, 0.15) is 0 Å². The lowest BCUT2D eigenvalue weighted by molar-refractivity contribution is 0.0894. The molecule has 2 aromatic heterocycles. The predicted octanol–water partition coefficient (Wildman–Crippen LogP) is 3.85. The summed E-state index contributed by atoms with van der Waals surface area (Å²) in [7, 11) is 0. The van der Waals surface area contributed by atoms with Gasteiger partial charge in [-0.1, -0.05) is 0 Å². The van der Waals surface area contributed by atoms with Gasteiger partial charge in [0.15, 0.2) is 5.65 Å². The van der Waals surface area contributed by atoms with Crippen LogP contribution in [-0.4, -0.2) is 40.4 Å². The summed E-state index contributed by atoms with van der Waals surface area (Å²) in [5.41, 5.74) is 1.28. The first-order valence-corrected chi connectivity index (χ1v) is 10.4. The zero-order valence-corrected chi connectivity index (χ0v) is 16.1. The zero-order chi connectivity index (χ0) is 19.0. The molecular weight excluding hydrogens is 370 g/mol. The molecule has 2 aliphatic rings. The first-order chi connectivity index (χ1) is 13.0. The van der Waals surface area contributed by atoms with Crippen LogP contribution in [0.3, 0.4) is 0 Å². The minimum atomic E-state index is -2.35. The number of nitrogens with zero attached hydrogens (tertiary/aromatic N) is 2. The molecule has 2 N–H and O–H groups in total. The SMILES string of the molecule is CC(NC1CCC(NC(=O)c2cnc3nc(C4CC4)sc3c2)CC1)C(F)F. The maximum Gasteiger partial charge on any atom is 0.253 e. The maximum atomic E-state index is 12.7. The third-order valence-electron chi connectivity index (χ3n) is 5.39. The summed E-state index contributed by atoms with van der Waals surface area (Å²) >= 11 is 1.63. The van der Waals surface area contributed by atoms with Crippen LogP contribution in [0, 0.1) is 0 Å². The van der Waals surface area contributed by atoms with Crippen LogP contribution >= 0.6 is 11.3 Å². The van der Waals surface area contributed by atoms with Gasteiger partial charge in [-0.05, 0) is 51.5 Å². The Bertz CT molecular complexity index is 815. The van der Waals surface area contributed by atoms with Crippen LogP contribution in [0.25, 0.3) is 10.3 Å². The monoisotopic (exact) mass is 394 g/mol. The highest BCUT2D eigenvalue weighted by Gasteiger charge is 2.28. The molecule has 8 heteroatoms. The van der Waals surface area contributed by atoms with Gasteiger partial charge < -0.3 is 10.6 Å². The van der Waals surface area contributed by atoms with Gasteiger partial charge in [0.05, 0.1) is 21.3 Å². The zero-order valence-electron chi connectivity index (χ0n) is 15.3. The van der Waals surface area contributed by atoms with Gasteiger partial charge in [0.25, 0.3) is 12.3 Å². The predicted molar refractivity (Wildman–Crippen MR) is 102 cm³/mol. The van der Waals surface area contributed by atoms with Crippen LogP contribution in [0.1, 0.15) is 66.7 Å². The molecule has 2 saturated carbocycles. The summed E-state index contributed by atoms with van der Waals surface area (Å²) in [4.78, 5) is 21.5. The van der Waals surface area contributed by atoms with Crippen LogP contribution in [0.4, 0.5) is 8.78 Å².